The number of carbonyl (C=O) groups is 1. The van der Waals surface area contributed by atoms with Gasteiger partial charge in [0.1, 0.15) is 22.3 Å². The maximum atomic E-state index is 14.2. The van der Waals surface area contributed by atoms with E-state index in [1.165, 1.54) is 0 Å². The molecule has 0 spiro atoms. The van der Waals surface area contributed by atoms with Crippen LogP contribution >= 0.6 is 0 Å². The van der Waals surface area contributed by atoms with Crippen molar-refractivity contribution in [3.05, 3.63) is 94.6 Å². The molecule has 10 heteroatoms. The van der Waals surface area contributed by atoms with E-state index in [1.54, 1.807) is 28.6 Å². The molecule has 4 atom stereocenters. The number of ether oxygens (including phenoxy) is 1. The summed E-state index contributed by atoms with van der Waals surface area (Å²) >= 11 is 0. The minimum atomic E-state index is -3.86. The molecule has 8 bridgehead atoms. The second-order valence-electron chi connectivity index (χ2n) is 11.4. The fraction of sp³-hybridized carbons (Fsp3) is 0.344. The highest BCUT2D eigenvalue weighted by Crippen LogP contribution is 2.44. The van der Waals surface area contributed by atoms with Crippen LogP contribution < -0.4 is 4.74 Å². The molecule has 216 valence electrons. The SMILES string of the molecule is Cc1c2ccc3c1nnn3C/C=C\CCC1CN(C3CCc4ccc(cc43)C2CC(=O)O)S(=O)(=O)c2ccccc2O1. The number of carboxylic acid groups (broad SMARTS) is 1. The monoisotopic (exact) mass is 584 g/mol. The van der Waals surface area contributed by atoms with Gasteiger partial charge >= 0.3 is 5.97 Å². The van der Waals surface area contributed by atoms with Crippen molar-refractivity contribution in [3.8, 4) is 5.75 Å². The van der Waals surface area contributed by atoms with Crippen LogP contribution in [0.4, 0.5) is 0 Å². The molecule has 4 aliphatic rings. The zero-order valence-electron chi connectivity index (χ0n) is 23.3. The van der Waals surface area contributed by atoms with Crippen molar-refractivity contribution in [1.29, 1.82) is 0 Å². The molecular weight excluding hydrogens is 552 g/mol. The number of aromatic nitrogens is 3. The summed E-state index contributed by atoms with van der Waals surface area (Å²) in [6, 6.07) is 16.5. The Hall–Kier alpha value is -4.02. The van der Waals surface area contributed by atoms with Crippen LogP contribution in [0.15, 0.2) is 71.6 Å². The summed E-state index contributed by atoms with van der Waals surface area (Å²) < 4.78 is 38.2. The van der Waals surface area contributed by atoms with Gasteiger partial charge in [-0.3, -0.25) is 4.79 Å². The topological polar surface area (TPSA) is 115 Å². The Morgan fingerprint density at radius 3 is 2.79 bits per heavy atom. The van der Waals surface area contributed by atoms with Crippen LogP contribution in [0.2, 0.25) is 0 Å². The second-order valence-corrected chi connectivity index (χ2v) is 13.3. The standard InChI is InChI=1S/C32H32N4O5S/c1-20-24-13-15-28-32(20)33-34-35(28)16-6-2-3-7-23-19-36(42(39,40)30-9-5-4-8-29(30)41-23)27-14-12-21-10-11-22(17-26(21)27)25(24)18-31(37)38/h2,4-6,8-11,13,15,17,23,25,27H,3,7,12,14,16,18-19H2,1H3,(H,37,38)/b6-2-. The summed E-state index contributed by atoms with van der Waals surface area (Å²) in [5.41, 5.74) is 6.32. The number of hydrogen-bond acceptors (Lipinski definition) is 6. The van der Waals surface area contributed by atoms with Crippen molar-refractivity contribution < 1.29 is 23.1 Å². The largest absolute Gasteiger partial charge is 0.488 e. The summed E-state index contributed by atoms with van der Waals surface area (Å²) in [4.78, 5) is 12.3. The predicted molar refractivity (Wildman–Crippen MR) is 157 cm³/mol. The third-order valence-corrected chi connectivity index (χ3v) is 10.8. The average Bonchev–Trinajstić information content (AvgIpc) is 3.56. The van der Waals surface area contributed by atoms with Crippen LogP contribution in [0.1, 0.15) is 65.5 Å². The Labute approximate surface area is 244 Å². The van der Waals surface area contributed by atoms with Gasteiger partial charge in [-0.2, -0.15) is 4.31 Å². The summed E-state index contributed by atoms with van der Waals surface area (Å²) in [5.74, 6) is -0.950. The first-order chi connectivity index (χ1) is 20.3. The molecule has 4 heterocycles. The third-order valence-electron chi connectivity index (χ3n) is 8.92. The molecule has 1 aromatic heterocycles. The number of nitrogens with zero attached hydrogens (tertiary/aromatic N) is 4. The van der Waals surface area contributed by atoms with Gasteiger partial charge in [0.25, 0.3) is 0 Å². The van der Waals surface area contributed by atoms with E-state index in [0.29, 0.717) is 25.1 Å². The fourth-order valence-corrected chi connectivity index (χ4v) is 8.60. The number of allylic oxidation sites excluding steroid dienone is 2. The lowest BCUT2D eigenvalue weighted by Gasteiger charge is -2.29. The van der Waals surface area contributed by atoms with Crippen molar-refractivity contribution in [3.63, 3.8) is 0 Å². The van der Waals surface area contributed by atoms with E-state index in [9.17, 15) is 18.3 Å². The summed E-state index contributed by atoms with van der Waals surface area (Å²) in [7, 11) is -3.86. The predicted octanol–water partition coefficient (Wildman–Crippen LogP) is 5.14. The zero-order valence-corrected chi connectivity index (χ0v) is 24.1. The highest BCUT2D eigenvalue weighted by Gasteiger charge is 2.41. The van der Waals surface area contributed by atoms with E-state index in [2.05, 4.69) is 16.4 Å². The van der Waals surface area contributed by atoms with Gasteiger partial charge in [-0.15, -0.1) is 5.10 Å². The molecule has 42 heavy (non-hydrogen) atoms. The average molecular weight is 585 g/mol. The van der Waals surface area contributed by atoms with E-state index in [0.717, 1.165) is 51.7 Å². The van der Waals surface area contributed by atoms with E-state index in [-0.39, 0.29) is 30.0 Å². The normalized spacial score (nSPS) is 25.3. The molecule has 4 unspecified atom stereocenters. The lowest BCUT2D eigenvalue weighted by Crippen LogP contribution is -2.39. The Bertz CT molecular complexity index is 1850. The Morgan fingerprint density at radius 2 is 1.93 bits per heavy atom. The molecule has 0 radical (unpaired) electrons. The van der Waals surface area contributed by atoms with Gasteiger partial charge in [-0.25, -0.2) is 13.1 Å². The zero-order chi connectivity index (χ0) is 29.0. The molecule has 4 aromatic rings. The van der Waals surface area contributed by atoms with Crippen LogP contribution in [-0.2, 0) is 27.8 Å². The van der Waals surface area contributed by atoms with Crippen molar-refractivity contribution in [2.45, 2.75) is 68.5 Å². The smallest absolute Gasteiger partial charge is 0.304 e. The van der Waals surface area contributed by atoms with Crippen LogP contribution in [-0.4, -0.2) is 51.4 Å². The van der Waals surface area contributed by atoms with Gasteiger partial charge in [0.2, 0.25) is 10.0 Å². The molecule has 1 aliphatic carbocycles. The first kappa shape index (κ1) is 26.9. The Morgan fingerprint density at radius 1 is 1.07 bits per heavy atom. The van der Waals surface area contributed by atoms with E-state index in [1.807, 2.05) is 48.0 Å². The number of aliphatic carboxylic acids is 1. The number of rotatable bonds is 2. The first-order valence-electron chi connectivity index (χ1n) is 14.4. The quantitative estimate of drug-likeness (QED) is 0.325. The van der Waals surface area contributed by atoms with Gasteiger partial charge in [-0.1, -0.05) is 53.8 Å². The lowest BCUT2D eigenvalue weighted by molar-refractivity contribution is -0.137. The maximum absolute atomic E-state index is 14.2. The molecule has 0 fully saturated rings. The molecule has 3 aliphatic heterocycles. The van der Waals surface area contributed by atoms with Gasteiger partial charge in [0.15, 0.2) is 0 Å². The molecule has 0 amide bonds. The van der Waals surface area contributed by atoms with Crippen LogP contribution in [0.5, 0.6) is 5.75 Å². The summed E-state index contributed by atoms with van der Waals surface area (Å²) in [6.45, 7) is 2.74. The minimum Gasteiger partial charge on any atom is -0.488 e. The Kier molecular flexibility index (Phi) is 6.62. The van der Waals surface area contributed by atoms with Crippen LogP contribution in [0.3, 0.4) is 0 Å². The van der Waals surface area contributed by atoms with Crippen molar-refractivity contribution in [2.24, 2.45) is 0 Å². The number of sulfonamides is 1. The molecule has 0 saturated carbocycles. The van der Waals surface area contributed by atoms with E-state index >= 15 is 0 Å². The lowest BCUT2D eigenvalue weighted by atomic mass is 9.84. The number of carboxylic acids is 1. The first-order valence-corrected chi connectivity index (χ1v) is 15.8. The minimum absolute atomic E-state index is 0.0992. The molecule has 1 N–H and O–H groups in total. The molecule has 0 saturated heterocycles. The number of para-hydroxylation sites is 1. The molecule has 3 aromatic carbocycles. The number of fused-ring (bicyclic) bond motifs is 5. The van der Waals surface area contributed by atoms with Crippen molar-refractivity contribution in [2.75, 3.05) is 6.54 Å². The summed E-state index contributed by atoms with van der Waals surface area (Å²) in [6.07, 6.45) is 6.47. The molecule has 8 rings (SSSR count). The number of aryl methyl sites for hydroxylation is 2. The number of benzene rings is 3. The number of hydrogen-bond donors (Lipinski definition) is 1. The molecule has 9 nitrogen and oxygen atoms in total. The van der Waals surface area contributed by atoms with E-state index in [4.69, 9.17) is 4.74 Å². The van der Waals surface area contributed by atoms with Gasteiger partial charge in [0.05, 0.1) is 31.1 Å². The van der Waals surface area contributed by atoms with Gasteiger partial charge in [-0.05, 0) is 78.6 Å². The van der Waals surface area contributed by atoms with Gasteiger partial charge < -0.3 is 9.84 Å². The van der Waals surface area contributed by atoms with Gasteiger partial charge in [0, 0.05) is 5.92 Å². The van der Waals surface area contributed by atoms with Crippen LogP contribution in [0, 0.1) is 6.92 Å². The molecular formula is C32H32N4O5S. The fourth-order valence-electron chi connectivity index (χ4n) is 6.81. The Balaban J connectivity index is 1.41. The van der Waals surface area contributed by atoms with E-state index < -0.39 is 21.9 Å². The van der Waals surface area contributed by atoms with Crippen molar-refractivity contribution in [1.82, 2.24) is 19.3 Å². The van der Waals surface area contributed by atoms with Crippen molar-refractivity contribution >= 4 is 27.0 Å². The third kappa shape index (κ3) is 4.49. The maximum Gasteiger partial charge on any atom is 0.304 e. The highest BCUT2D eigenvalue weighted by molar-refractivity contribution is 7.89. The second kappa shape index (κ2) is 10.4. The highest BCUT2D eigenvalue weighted by atomic mass is 32.2. The summed E-state index contributed by atoms with van der Waals surface area (Å²) in [5, 5.41) is 18.8. The van der Waals surface area contributed by atoms with Crippen LogP contribution in [0.25, 0.3) is 11.0 Å².